The minimum absolute atomic E-state index is 0.708. The zero-order chi connectivity index (χ0) is 8.60. The van der Waals surface area contributed by atoms with Crippen LogP contribution in [0.2, 0.25) is 6.32 Å². The van der Waals surface area contributed by atoms with E-state index < -0.39 is 0 Å². The van der Waals surface area contributed by atoms with Gasteiger partial charge in [0.15, 0.2) is 0 Å². The quantitative estimate of drug-likeness (QED) is 0.522. The predicted molar refractivity (Wildman–Crippen MR) is 56.1 cm³/mol. The van der Waals surface area contributed by atoms with Gasteiger partial charge in [-0.05, 0) is 42.9 Å². The molecule has 0 amide bonds. The van der Waals surface area contributed by atoms with Crippen molar-refractivity contribution < 1.29 is 0 Å². The summed E-state index contributed by atoms with van der Waals surface area (Å²) in [4.78, 5) is 0. The van der Waals surface area contributed by atoms with Gasteiger partial charge >= 0.3 is 0 Å². The molecule has 2 aliphatic carbocycles. The van der Waals surface area contributed by atoms with Crippen molar-refractivity contribution in [1.29, 1.82) is 0 Å². The molecule has 0 aromatic rings. The first-order chi connectivity index (χ1) is 5.73. The average molecular weight is 164 g/mol. The van der Waals surface area contributed by atoms with Gasteiger partial charge in [-0.15, -0.1) is 0 Å². The zero-order valence-electron chi connectivity index (χ0n) is 8.60. The van der Waals surface area contributed by atoms with E-state index in [1.807, 2.05) is 0 Å². The largest absolute Gasteiger partial charge is 0.102 e. The summed E-state index contributed by atoms with van der Waals surface area (Å²) in [7, 11) is 2.37. The molecule has 2 saturated carbocycles. The molecule has 3 unspecified atom stereocenters. The van der Waals surface area contributed by atoms with Gasteiger partial charge in [-0.3, -0.25) is 0 Å². The summed E-state index contributed by atoms with van der Waals surface area (Å²) in [6, 6.07) is 0. The van der Waals surface area contributed by atoms with Crippen LogP contribution < -0.4 is 0 Å². The zero-order valence-corrected chi connectivity index (χ0v) is 8.60. The Hall–Kier alpha value is 0.0649. The molecule has 3 atom stereocenters. The molecule has 0 N–H and O–H groups in total. The Balaban J connectivity index is 2.00. The molecule has 0 heterocycles. The summed E-state index contributed by atoms with van der Waals surface area (Å²) in [6.07, 6.45) is 10.6. The molecule has 2 fully saturated rings. The maximum absolute atomic E-state index is 2.51. The van der Waals surface area contributed by atoms with Crippen LogP contribution in [0.5, 0.6) is 0 Å². The maximum atomic E-state index is 2.51. The summed E-state index contributed by atoms with van der Waals surface area (Å²) >= 11 is 0. The summed E-state index contributed by atoms with van der Waals surface area (Å²) in [5.41, 5.74) is 0.708. The Bertz CT molecular complexity index is 166. The van der Waals surface area contributed by atoms with Crippen molar-refractivity contribution in [2.24, 2.45) is 17.3 Å². The molecule has 0 radical (unpaired) electrons. The van der Waals surface area contributed by atoms with Crippen molar-refractivity contribution in [2.45, 2.75) is 51.8 Å². The molecular weight excluding hydrogens is 143 g/mol. The van der Waals surface area contributed by atoms with Gasteiger partial charge < -0.3 is 0 Å². The molecule has 0 aromatic carbocycles. The molecule has 0 bridgehead atoms. The molecule has 0 nitrogen and oxygen atoms in total. The lowest BCUT2D eigenvalue weighted by Crippen LogP contribution is -2.28. The predicted octanol–water partition coefficient (Wildman–Crippen LogP) is 2.64. The van der Waals surface area contributed by atoms with Crippen LogP contribution >= 0.6 is 0 Å². The van der Waals surface area contributed by atoms with Gasteiger partial charge in [0.1, 0.15) is 7.85 Å². The normalized spacial score (nSPS) is 47.4. The topological polar surface area (TPSA) is 0 Å². The van der Waals surface area contributed by atoms with Crippen LogP contribution in [0, 0.1) is 17.3 Å². The molecular formula is C11H21B. The van der Waals surface area contributed by atoms with Crippen LogP contribution in [0.25, 0.3) is 0 Å². The molecule has 1 heteroatoms. The highest BCUT2D eigenvalue weighted by molar-refractivity contribution is 6.08. The van der Waals surface area contributed by atoms with E-state index in [-0.39, 0.29) is 0 Å². The second-order valence-electron chi connectivity index (χ2n) is 5.36. The van der Waals surface area contributed by atoms with Gasteiger partial charge in [0.05, 0.1) is 0 Å². The molecule has 2 aliphatic rings. The maximum Gasteiger partial charge on any atom is 0.102 e. The number of rotatable bonds is 1. The van der Waals surface area contributed by atoms with E-state index in [1.165, 1.54) is 25.6 Å². The summed E-state index contributed by atoms with van der Waals surface area (Å²) in [5.74, 6) is 2.26. The fourth-order valence-electron chi connectivity index (χ4n) is 3.13. The Morgan fingerprint density at radius 1 is 1.25 bits per heavy atom. The van der Waals surface area contributed by atoms with Crippen LogP contribution in [0.4, 0.5) is 0 Å². The molecule has 2 rings (SSSR count). The lowest BCUT2D eigenvalue weighted by molar-refractivity contribution is 0.130. The summed E-state index contributed by atoms with van der Waals surface area (Å²) in [6.45, 7) is 2.51. The first-order valence-electron chi connectivity index (χ1n) is 5.73. The minimum atomic E-state index is 0.708. The van der Waals surface area contributed by atoms with Crippen LogP contribution in [-0.4, -0.2) is 7.85 Å². The van der Waals surface area contributed by atoms with Gasteiger partial charge in [0.25, 0.3) is 0 Å². The van der Waals surface area contributed by atoms with Gasteiger partial charge in [-0.2, -0.15) is 0 Å². The van der Waals surface area contributed by atoms with Crippen molar-refractivity contribution in [2.75, 3.05) is 0 Å². The van der Waals surface area contributed by atoms with E-state index in [1.54, 1.807) is 19.3 Å². The minimum Gasteiger partial charge on any atom is -0.0758 e. The van der Waals surface area contributed by atoms with Crippen molar-refractivity contribution in [3.8, 4) is 0 Å². The van der Waals surface area contributed by atoms with E-state index in [0.29, 0.717) is 5.41 Å². The van der Waals surface area contributed by atoms with Crippen molar-refractivity contribution in [3.63, 3.8) is 0 Å². The number of hydrogen-bond acceptors (Lipinski definition) is 0. The Morgan fingerprint density at radius 3 is 2.58 bits per heavy atom. The van der Waals surface area contributed by atoms with Crippen LogP contribution in [0.3, 0.4) is 0 Å². The van der Waals surface area contributed by atoms with Crippen molar-refractivity contribution in [1.82, 2.24) is 0 Å². The number of fused-ring (bicyclic) bond motifs is 1. The third-order valence-corrected chi connectivity index (χ3v) is 4.54. The summed E-state index contributed by atoms with van der Waals surface area (Å²) < 4.78 is 0. The van der Waals surface area contributed by atoms with Gasteiger partial charge in [0.2, 0.25) is 0 Å². The molecule has 12 heavy (non-hydrogen) atoms. The SMILES string of the molecule is BCC1(C)CCCC2CCC2C1. The van der Waals surface area contributed by atoms with Gasteiger partial charge in [-0.1, -0.05) is 26.1 Å². The standard InChI is InChI=1S/C11H21B/c1-11(8-12)6-2-3-9-4-5-10(9)7-11/h9-10H,2-8,12H2,1H3. The Kier molecular flexibility index (Phi) is 2.22. The highest BCUT2D eigenvalue weighted by Crippen LogP contribution is 2.50. The average Bonchev–Trinajstić information content (AvgIpc) is 2.15. The fraction of sp³-hybridized carbons (Fsp3) is 1.00. The summed E-state index contributed by atoms with van der Waals surface area (Å²) in [5, 5.41) is 0. The molecule has 0 aromatic heterocycles. The Morgan fingerprint density at radius 2 is 2.00 bits per heavy atom. The highest BCUT2D eigenvalue weighted by Gasteiger charge is 2.38. The van der Waals surface area contributed by atoms with Crippen molar-refractivity contribution >= 4 is 7.85 Å². The van der Waals surface area contributed by atoms with E-state index in [9.17, 15) is 0 Å². The van der Waals surface area contributed by atoms with E-state index in [2.05, 4.69) is 14.8 Å². The number of hydrogen-bond donors (Lipinski definition) is 0. The smallest absolute Gasteiger partial charge is 0.0758 e. The first-order valence-corrected chi connectivity index (χ1v) is 5.73. The van der Waals surface area contributed by atoms with Crippen LogP contribution in [0.15, 0.2) is 0 Å². The third-order valence-electron chi connectivity index (χ3n) is 4.54. The van der Waals surface area contributed by atoms with E-state index >= 15 is 0 Å². The van der Waals surface area contributed by atoms with Gasteiger partial charge in [-0.25, -0.2) is 0 Å². The lowest BCUT2D eigenvalue weighted by Gasteiger charge is -2.39. The third kappa shape index (κ3) is 1.43. The second-order valence-corrected chi connectivity index (χ2v) is 5.36. The van der Waals surface area contributed by atoms with E-state index in [4.69, 9.17) is 0 Å². The highest BCUT2D eigenvalue weighted by atomic mass is 14.4. The first kappa shape index (κ1) is 8.65. The second kappa shape index (κ2) is 3.08. The molecule has 0 saturated heterocycles. The lowest BCUT2D eigenvalue weighted by atomic mass is 9.64. The van der Waals surface area contributed by atoms with Crippen LogP contribution in [-0.2, 0) is 0 Å². The molecule has 68 valence electrons. The monoisotopic (exact) mass is 164 g/mol. The van der Waals surface area contributed by atoms with Crippen molar-refractivity contribution in [3.05, 3.63) is 0 Å². The molecule has 0 spiro atoms. The molecule has 0 aliphatic heterocycles. The fourth-order valence-corrected chi connectivity index (χ4v) is 3.13. The van der Waals surface area contributed by atoms with Gasteiger partial charge in [0, 0.05) is 0 Å². The van der Waals surface area contributed by atoms with E-state index in [0.717, 1.165) is 11.8 Å². The van der Waals surface area contributed by atoms with Crippen LogP contribution in [0.1, 0.15) is 45.4 Å². The Labute approximate surface area is 77.5 Å².